The number of fused-ring (bicyclic) bond motifs is 1. The number of phenols is 1. The number of benzene rings is 1. The van der Waals surface area contributed by atoms with Crippen molar-refractivity contribution in [2.75, 3.05) is 17.2 Å². The number of nitrogens with one attached hydrogen (secondary N) is 3. The second-order valence-corrected chi connectivity index (χ2v) is 6.75. The van der Waals surface area contributed by atoms with Crippen LogP contribution >= 0.6 is 0 Å². The number of nitrogens with zero attached hydrogens (tertiary/aromatic N) is 2. The summed E-state index contributed by atoms with van der Waals surface area (Å²) in [6, 6.07) is 4.38. The molecule has 4 N–H and O–H groups in total. The number of carbonyl (C=O) groups excluding carboxylic acids is 2. The fourth-order valence-corrected chi connectivity index (χ4v) is 3.02. The maximum Gasteiger partial charge on any atom is 0.437 e. The van der Waals surface area contributed by atoms with Gasteiger partial charge in [0.05, 0.1) is 22.6 Å². The minimum Gasteiger partial charge on any atom is -0.507 e. The molecule has 1 aliphatic heterocycles. The summed E-state index contributed by atoms with van der Waals surface area (Å²) in [6.45, 7) is 1.06. The summed E-state index contributed by atoms with van der Waals surface area (Å²) < 4.78 is 59.1. The molecule has 0 bridgehead atoms. The van der Waals surface area contributed by atoms with Gasteiger partial charge in [-0.2, -0.15) is 18.3 Å². The maximum absolute atomic E-state index is 14.8. The number of H-pyrrole nitrogens is 1. The summed E-state index contributed by atoms with van der Waals surface area (Å²) in [5.41, 5.74) is -2.88. The first kappa shape index (κ1) is 21.1. The number of phenolic OH excluding ortho intramolecular Hbond substituents is 1. The molecular weight excluding hydrogens is 438 g/mol. The summed E-state index contributed by atoms with van der Waals surface area (Å²) in [4.78, 5) is 28.0. The molecule has 0 aliphatic carbocycles. The third-order valence-electron chi connectivity index (χ3n) is 4.54. The summed E-state index contributed by atoms with van der Waals surface area (Å²) >= 11 is 0. The predicted octanol–water partition coefficient (Wildman–Crippen LogP) is 3.23. The SMILES string of the molecule is Cc1[nH]nc(C(F)(F)F)c1NC(=O)c1cc(F)c(-c2ccc3c(n2)NC(=O)CO3)cc1O. The minimum atomic E-state index is -4.85. The number of pyridine rings is 1. The minimum absolute atomic E-state index is 0.0133. The quantitative estimate of drug-likeness (QED) is 0.453. The Morgan fingerprint density at radius 3 is 2.75 bits per heavy atom. The zero-order valence-corrected chi connectivity index (χ0v) is 16.1. The molecule has 3 aromatic rings. The van der Waals surface area contributed by atoms with Gasteiger partial charge >= 0.3 is 6.18 Å². The fourth-order valence-electron chi connectivity index (χ4n) is 3.02. The average Bonchev–Trinajstić information content (AvgIpc) is 3.09. The number of carbonyl (C=O) groups is 2. The highest BCUT2D eigenvalue weighted by Gasteiger charge is 2.38. The number of alkyl halides is 3. The summed E-state index contributed by atoms with van der Waals surface area (Å²) in [6.07, 6.45) is -4.85. The van der Waals surface area contributed by atoms with Crippen molar-refractivity contribution in [1.82, 2.24) is 15.2 Å². The lowest BCUT2D eigenvalue weighted by molar-refractivity contribution is -0.140. The van der Waals surface area contributed by atoms with Crippen LogP contribution in [0.5, 0.6) is 11.5 Å². The lowest BCUT2D eigenvalue weighted by Gasteiger charge is -2.17. The largest absolute Gasteiger partial charge is 0.507 e. The van der Waals surface area contributed by atoms with Crippen LogP contribution in [0.1, 0.15) is 21.7 Å². The Bertz CT molecular complexity index is 1260. The Morgan fingerprint density at radius 1 is 1.28 bits per heavy atom. The monoisotopic (exact) mass is 451 g/mol. The fraction of sp³-hybridized carbons (Fsp3) is 0.158. The van der Waals surface area contributed by atoms with E-state index in [1.165, 1.54) is 19.1 Å². The van der Waals surface area contributed by atoms with Gasteiger partial charge in [-0.15, -0.1) is 0 Å². The highest BCUT2D eigenvalue weighted by Crippen LogP contribution is 2.36. The number of rotatable bonds is 3. The average molecular weight is 451 g/mol. The van der Waals surface area contributed by atoms with Gasteiger partial charge in [0, 0.05) is 5.56 Å². The second kappa shape index (κ2) is 7.51. The molecule has 1 aromatic carbocycles. The van der Waals surface area contributed by atoms with Crippen molar-refractivity contribution in [3.8, 4) is 22.8 Å². The van der Waals surface area contributed by atoms with Gasteiger partial charge in [0.1, 0.15) is 11.6 Å². The normalized spacial score (nSPS) is 13.2. The molecule has 4 rings (SSSR count). The molecule has 0 saturated heterocycles. The molecular formula is C19H13F4N5O4. The van der Waals surface area contributed by atoms with Crippen molar-refractivity contribution in [3.05, 3.63) is 47.0 Å². The van der Waals surface area contributed by atoms with Crippen LogP contribution in [0, 0.1) is 12.7 Å². The molecule has 166 valence electrons. The maximum atomic E-state index is 14.8. The van der Waals surface area contributed by atoms with E-state index in [1.54, 1.807) is 0 Å². The van der Waals surface area contributed by atoms with Crippen LogP contribution < -0.4 is 15.4 Å². The van der Waals surface area contributed by atoms with Crippen LogP contribution in [0.3, 0.4) is 0 Å². The highest BCUT2D eigenvalue weighted by molar-refractivity contribution is 6.07. The number of halogens is 4. The molecule has 0 spiro atoms. The molecule has 9 nitrogen and oxygen atoms in total. The number of hydrogen-bond acceptors (Lipinski definition) is 6. The van der Waals surface area contributed by atoms with Gasteiger partial charge in [0.15, 0.2) is 23.9 Å². The summed E-state index contributed by atoms with van der Waals surface area (Å²) in [7, 11) is 0. The first-order valence-corrected chi connectivity index (χ1v) is 8.94. The number of aromatic amines is 1. The number of ether oxygens (including phenoxy) is 1. The Balaban J connectivity index is 1.66. The van der Waals surface area contributed by atoms with Crippen molar-refractivity contribution in [3.63, 3.8) is 0 Å². The van der Waals surface area contributed by atoms with E-state index in [0.717, 1.165) is 6.07 Å². The van der Waals surface area contributed by atoms with Crippen molar-refractivity contribution in [1.29, 1.82) is 0 Å². The molecule has 2 amide bonds. The molecule has 32 heavy (non-hydrogen) atoms. The van der Waals surface area contributed by atoms with Gasteiger partial charge in [-0.1, -0.05) is 0 Å². The number of hydrogen-bond donors (Lipinski definition) is 4. The third kappa shape index (κ3) is 3.79. The predicted molar refractivity (Wildman–Crippen MR) is 102 cm³/mol. The Morgan fingerprint density at radius 2 is 2.03 bits per heavy atom. The first-order chi connectivity index (χ1) is 15.0. The Hall–Kier alpha value is -4.16. The topological polar surface area (TPSA) is 129 Å². The van der Waals surface area contributed by atoms with Crippen molar-refractivity contribution >= 4 is 23.3 Å². The number of aryl methyl sites for hydroxylation is 1. The van der Waals surface area contributed by atoms with Crippen LogP contribution in [0.4, 0.5) is 29.1 Å². The molecule has 0 saturated carbocycles. The van der Waals surface area contributed by atoms with Crippen LogP contribution in [0.2, 0.25) is 0 Å². The number of amides is 2. The number of anilines is 2. The molecule has 0 radical (unpaired) electrons. The standard InChI is InChI=1S/C19H13F4N5O4/c1-7-15(16(28-27-7)19(21,22)23)26-18(31)9-4-10(20)8(5-12(9)29)11-2-3-13-17(24-11)25-14(30)6-32-13/h2-5,29H,6H2,1H3,(H,26,31)(H,27,28)(H,24,25,30). The third-order valence-corrected chi connectivity index (χ3v) is 4.54. The number of aromatic hydroxyl groups is 1. The second-order valence-electron chi connectivity index (χ2n) is 6.75. The van der Waals surface area contributed by atoms with Crippen molar-refractivity contribution in [2.45, 2.75) is 13.1 Å². The Kier molecular flexibility index (Phi) is 4.95. The lowest BCUT2D eigenvalue weighted by atomic mass is 10.0. The van der Waals surface area contributed by atoms with E-state index >= 15 is 0 Å². The van der Waals surface area contributed by atoms with Crippen molar-refractivity contribution < 1.29 is 37.0 Å². The molecule has 1 aliphatic rings. The Labute approximate surface area is 176 Å². The van der Waals surface area contributed by atoms with Gasteiger partial charge in [0.2, 0.25) is 0 Å². The van der Waals surface area contributed by atoms with E-state index in [-0.39, 0.29) is 35.1 Å². The van der Waals surface area contributed by atoms with Gasteiger partial charge in [-0.25, -0.2) is 9.37 Å². The van der Waals surface area contributed by atoms with E-state index in [0.29, 0.717) is 6.07 Å². The molecule has 2 aromatic heterocycles. The van der Waals surface area contributed by atoms with Gasteiger partial charge in [-0.05, 0) is 31.2 Å². The number of aromatic nitrogens is 3. The molecule has 0 unspecified atom stereocenters. The van der Waals surface area contributed by atoms with E-state index in [1.807, 2.05) is 5.32 Å². The van der Waals surface area contributed by atoms with Gasteiger partial charge in [-0.3, -0.25) is 14.7 Å². The van der Waals surface area contributed by atoms with Gasteiger partial charge in [0.25, 0.3) is 11.8 Å². The highest BCUT2D eigenvalue weighted by atomic mass is 19.4. The van der Waals surface area contributed by atoms with Crippen LogP contribution in [-0.2, 0) is 11.0 Å². The zero-order valence-electron chi connectivity index (χ0n) is 16.1. The van der Waals surface area contributed by atoms with E-state index in [9.17, 15) is 32.3 Å². The van der Waals surface area contributed by atoms with E-state index in [2.05, 4.69) is 20.5 Å². The smallest absolute Gasteiger partial charge is 0.437 e. The van der Waals surface area contributed by atoms with Crippen molar-refractivity contribution in [2.24, 2.45) is 0 Å². The summed E-state index contributed by atoms with van der Waals surface area (Å²) in [5, 5.41) is 19.9. The molecule has 3 heterocycles. The van der Waals surface area contributed by atoms with Crippen LogP contribution in [-0.4, -0.2) is 38.7 Å². The van der Waals surface area contributed by atoms with E-state index in [4.69, 9.17) is 4.74 Å². The van der Waals surface area contributed by atoms with Crippen LogP contribution in [0.15, 0.2) is 24.3 Å². The van der Waals surface area contributed by atoms with E-state index < -0.39 is 46.5 Å². The molecule has 0 atom stereocenters. The van der Waals surface area contributed by atoms with Crippen LogP contribution in [0.25, 0.3) is 11.3 Å². The molecule has 13 heteroatoms. The summed E-state index contributed by atoms with van der Waals surface area (Å²) in [5.74, 6) is -3.00. The van der Waals surface area contributed by atoms with Gasteiger partial charge < -0.3 is 20.5 Å². The molecule has 0 fully saturated rings. The zero-order chi connectivity index (χ0) is 23.2. The first-order valence-electron chi connectivity index (χ1n) is 8.94. The lowest BCUT2D eigenvalue weighted by Crippen LogP contribution is -2.26.